The van der Waals surface area contributed by atoms with E-state index in [4.69, 9.17) is 9.47 Å². The van der Waals surface area contributed by atoms with E-state index in [1.165, 1.54) is 0 Å². The second-order valence-corrected chi connectivity index (χ2v) is 6.20. The maximum absolute atomic E-state index is 10.4. The average molecular weight is 230 g/mol. The Bertz CT molecular complexity index is 235. The zero-order chi connectivity index (χ0) is 12.6. The first-order valence-electron chi connectivity index (χ1n) is 6.07. The summed E-state index contributed by atoms with van der Waals surface area (Å²) < 4.78 is 11.1. The van der Waals surface area contributed by atoms with Crippen LogP contribution in [0, 0.1) is 11.8 Å². The van der Waals surface area contributed by atoms with E-state index in [9.17, 15) is 5.11 Å². The van der Waals surface area contributed by atoms with Gasteiger partial charge in [-0.1, -0.05) is 6.92 Å². The molecule has 3 atom stereocenters. The maximum Gasteiger partial charge on any atom is 0.0687 e. The zero-order valence-electron chi connectivity index (χ0n) is 11.4. The fourth-order valence-corrected chi connectivity index (χ4v) is 2.89. The highest BCUT2D eigenvalue weighted by atomic mass is 16.5. The standard InChI is InChI=1S/C13H26O3/c1-9(8-15-6)11(14)10-7-12(2,3)16-13(10,4)5/h9-11,14H,7-8H2,1-6H3. The molecule has 0 saturated carbocycles. The lowest BCUT2D eigenvalue weighted by Crippen LogP contribution is -2.40. The van der Waals surface area contributed by atoms with Crippen LogP contribution in [0.5, 0.6) is 0 Å². The van der Waals surface area contributed by atoms with E-state index in [1.54, 1.807) is 7.11 Å². The smallest absolute Gasteiger partial charge is 0.0687 e. The molecule has 0 aromatic rings. The lowest BCUT2D eigenvalue weighted by molar-refractivity contribution is -0.0957. The molecule has 1 rings (SSSR count). The molecule has 0 amide bonds. The number of aliphatic hydroxyl groups excluding tert-OH is 1. The van der Waals surface area contributed by atoms with Crippen LogP contribution in [-0.2, 0) is 9.47 Å². The number of hydrogen-bond donors (Lipinski definition) is 1. The quantitative estimate of drug-likeness (QED) is 0.805. The Morgan fingerprint density at radius 1 is 1.38 bits per heavy atom. The number of hydrogen-bond acceptors (Lipinski definition) is 3. The molecule has 1 fully saturated rings. The fraction of sp³-hybridized carbons (Fsp3) is 1.00. The molecule has 16 heavy (non-hydrogen) atoms. The van der Waals surface area contributed by atoms with Crippen LogP contribution in [0.4, 0.5) is 0 Å². The highest BCUT2D eigenvalue weighted by Crippen LogP contribution is 2.44. The van der Waals surface area contributed by atoms with Crippen LogP contribution >= 0.6 is 0 Å². The van der Waals surface area contributed by atoms with Crippen LogP contribution < -0.4 is 0 Å². The van der Waals surface area contributed by atoms with E-state index in [-0.39, 0.29) is 29.1 Å². The molecule has 1 heterocycles. The Kier molecular flexibility index (Phi) is 4.04. The van der Waals surface area contributed by atoms with Gasteiger partial charge < -0.3 is 14.6 Å². The summed E-state index contributed by atoms with van der Waals surface area (Å²) in [6.45, 7) is 10.9. The van der Waals surface area contributed by atoms with Crippen molar-refractivity contribution in [2.24, 2.45) is 11.8 Å². The molecule has 1 N–H and O–H groups in total. The summed E-state index contributed by atoms with van der Waals surface area (Å²) >= 11 is 0. The molecule has 1 aliphatic heterocycles. The first-order valence-corrected chi connectivity index (χ1v) is 6.07. The first-order chi connectivity index (χ1) is 7.19. The molecule has 3 unspecified atom stereocenters. The summed E-state index contributed by atoms with van der Waals surface area (Å²) in [6.07, 6.45) is 0.534. The number of aliphatic hydroxyl groups is 1. The fourth-order valence-electron chi connectivity index (χ4n) is 2.89. The van der Waals surface area contributed by atoms with Gasteiger partial charge in [0.1, 0.15) is 0 Å². The molecule has 0 aromatic heterocycles. The third kappa shape index (κ3) is 2.96. The third-order valence-electron chi connectivity index (χ3n) is 3.57. The van der Waals surface area contributed by atoms with E-state index < -0.39 is 0 Å². The monoisotopic (exact) mass is 230 g/mol. The normalized spacial score (nSPS) is 31.3. The van der Waals surface area contributed by atoms with Crippen molar-refractivity contribution in [1.29, 1.82) is 0 Å². The minimum absolute atomic E-state index is 0.137. The Hall–Kier alpha value is -0.120. The Labute approximate surface area is 99.1 Å². The van der Waals surface area contributed by atoms with Gasteiger partial charge in [-0.05, 0) is 34.1 Å². The molecule has 1 aliphatic rings. The average Bonchev–Trinajstić information content (AvgIpc) is 2.33. The summed E-state index contributed by atoms with van der Waals surface area (Å²) in [5.41, 5.74) is -0.396. The van der Waals surface area contributed by atoms with Crippen LogP contribution in [-0.4, -0.2) is 36.1 Å². The van der Waals surface area contributed by atoms with Crippen LogP contribution in [0.3, 0.4) is 0 Å². The minimum atomic E-state index is -0.364. The van der Waals surface area contributed by atoms with Crippen molar-refractivity contribution in [1.82, 2.24) is 0 Å². The van der Waals surface area contributed by atoms with Gasteiger partial charge in [-0.25, -0.2) is 0 Å². The highest BCUT2D eigenvalue weighted by Gasteiger charge is 2.49. The van der Waals surface area contributed by atoms with Gasteiger partial charge in [-0.2, -0.15) is 0 Å². The second-order valence-electron chi connectivity index (χ2n) is 6.20. The van der Waals surface area contributed by atoms with Gasteiger partial charge >= 0.3 is 0 Å². The predicted molar refractivity (Wildman–Crippen MR) is 64.4 cm³/mol. The van der Waals surface area contributed by atoms with Gasteiger partial charge in [-0.3, -0.25) is 0 Å². The van der Waals surface area contributed by atoms with Crippen molar-refractivity contribution >= 4 is 0 Å². The molecule has 3 nitrogen and oxygen atoms in total. The summed E-state index contributed by atoms with van der Waals surface area (Å²) in [5, 5.41) is 10.4. The molecule has 0 aliphatic carbocycles. The van der Waals surface area contributed by atoms with Gasteiger partial charge in [0.15, 0.2) is 0 Å². The molecule has 1 saturated heterocycles. The van der Waals surface area contributed by atoms with Crippen molar-refractivity contribution in [2.45, 2.75) is 58.3 Å². The largest absolute Gasteiger partial charge is 0.392 e. The van der Waals surface area contributed by atoms with Crippen molar-refractivity contribution in [3.63, 3.8) is 0 Å². The number of ether oxygens (including phenoxy) is 2. The lowest BCUT2D eigenvalue weighted by atomic mass is 9.79. The maximum atomic E-state index is 10.4. The minimum Gasteiger partial charge on any atom is -0.392 e. The highest BCUT2D eigenvalue weighted by molar-refractivity contribution is 4.98. The first kappa shape index (κ1) is 13.9. The van der Waals surface area contributed by atoms with Crippen molar-refractivity contribution in [2.75, 3.05) is 13.7 Å². The van der Waals surface area contributed by atoms with Crippen LogP contribution in [0.1, 0.15) is 41.0 Å². The van der Waals surface area contributed by atoms with Crippen LogP contribution in [0.2, 0.25) is 0 Å². The molecule has 0 aromatic carbocycles. The zero-order valence-corrected chi connectivity index (χ0v) is 11.4. The predicted octanol–water partition coefficient (Wildman–Crippen LogP) is 2.22. The van der Waals surface area contributed by atoms with Crippen molar-refractivity contribution in [3.05, 3.63) is 0 Å². The van der Waals surface area contributed by atoms with Gasteiger partial charge in [-0.15, -0.1) is 0 Å². The SMILES string of the molecule is COCC(C)C(O)C1CC(C)(C)OC1(C)C. The van der Waals surface area contributed by atoms with Gasteiger partial charge in [0.05, 0.1) is 23.9 Å². The van der Waals surface area contributed by atoms with Gasteiger partial charge in [0.25, 0.3) is 0 Å². The van der Waals surface area contributed by atoms with Crippen LogP contribution in [0.15, 0.2) is 0 Å². The number of methoxy groups -OCH3 is 1. The topological polar surface area (TPSA) is 38.7 Å². The van der Waals surface area contributed by atoms with Crippen molar-refractivity contribution < 1.29 is 14.6 Å². The Morgan fingerprint density at radius 3 is 2.31 bits per heavy atom. The summed E-state index contributed by atoms with van der Waals surface area (Å²) in [5.74, 6) is 0.319. The van der Waals surface area contributed by atoms with E-state index >= 15 is 0 Å². The summed E-state index contributed by atoms with van der Waals surface area (Å²) in [4.78, 5) is 0. The van der Waals surface area contributed by atoms with E-state index in [1.807, 2.05) is 6.92 Å². The summed E-state index contributed by atoms with van der Waals surface area (Å²) in [6, 6.07) is 0. The van der Waals surface area contributed by atoms with Crippen LogP contribution in [0.25, 0.3) is 0 Å². The number of rotatable bonds is 4. The molecule has 0 bridgehead atoms. The Balaban J connectivity index is 2.72. The van der Waals surface area contributed by atoms with Gasteiger partial charge in [0, 0.05) is 18.9 Å². The molecule has 0 spiro atoms. The Morgan fingerprint density at radius 2 is 1.94 bits per heavy atom. The van der Waals surface area contributed by atoms with E-state index in [0.717, 1.165) is 6.42 Å². The molecule has 0 radical (unpaired) electrons. The van der Waals surface area contributed by atoms with E-state index in [0.29, 0.717) is 6.61 Å². The summed E-state index contributed by atoms with van der Waals surface area (Å²) in [7, 11) is 1.67. The van der Waals surface area contributed by atoms with E-state index in [2.05, 4.69) is 27.7 Å². The molecule has 3 heteroatoms. The second kappa shape index (κ2) is 4.63. The third-order valence-corrected chi connectivity index (χ3v) is 3.57. The molecule has 96 valence electrons. The molecular formula is C13H26O3. The van der Waals surface area contributed by atoms with Crippen molar-refractivity contribution in [3.8, 4) is 0 Å². The molecular weight excluding hydrogens is 204 g/mol. The lowest BCUT2D eigenvalue weighted by Gasteiger charge is -2.32. The van der Waals surface area contributed by atoms with Gasteiger partial charge in [0.2, 0.25) is 0 Å².